The maximum Gasteiger partial charge on any atom is 0.143 e. The zero-order chi connectivity index (χ0) is 11.2. The summed E-state index contributed by atoms with van der Waals surface area (Å²) in [4.78, 5) is 5.03. The van der Waals surface area contributed by atoms with Gasteiger partial charge in [-0.3, -0.25) is 9.74 Å². The average molecular weight is 241 g/mol. The lowest BCUT2D eigenvalue weighted by Crippen LogP contribution is -2.25. The molecule has 2 rings (SSSR count). The van der Waals surface area contributed by atoms with E-state index in [0.29, 0.717) is 0 Å². The Hall–Kier alpha value is -0.930. The van der Waals surface area contributed by atoms with E-state index in [2.05, 4.69) is 9.74 Å². The highest BCUT2D eigenvalue weighted by Gasteiger charge is 2.11. The van der Waals surface area contributed by atoms with Gasteiger partial charge >= 0.3 is 0 Å². The summed E-state index contributed by atoms with van der Waals surface area (Å²) in [7, 11) is 0. The summed E-state index contributed by atoms with van der Waals surface area (Å²) in [6, 6.07) is 7.70. The smallest absolute Gasteiger partial charge is 0.143 e. The molecule has 1 N–H and O–H groups in total. The highest BCUT2D eigenvalue weighted by atomic mass is 35.5. The molecule has 0 aliphatic carbocycles. The summed E-state index contributed by atoms with van der Waals surface area (Å²) in [5, 5.41) is 0. The van der Waals surface area contributed by atoms with Crippen molar-refractivity contribution in [2.75, 3.05) is 31.1 Å². The number of ether oxygens (including phenoxy) is 1. The van der Waals surface area contributed by atoms with E-state index in [9.17, 15) is 0 Å². The first-order chi connectivity index (χ1) is 7.90. The van der Waals surface area contributed by atoms with Gasteiger partial charge in [0.1, 0.15) is 12.4 Å². The maximum atomic E-state index is 5.70. The quantitative estimate of drug-likeness (QED) is 0.801. The summed E-state index contributed by atoms with van der Waals surface area (Å²) in [5.74, 6) is 0.816. The molecule has 16 heavy (non-hydrogen) atoms. The van der Waals surface area contributed by atoms with Crippen LogP contribution in [0.2, 0.25) is 0 Å². The number of hydrogen-bond acceptors (Lipinski definition) is 3. The monoisotopic (exact) mass is 240 g/mol. The minimum absolute atomic E-state index is 0.718. The lowest BCUT2D eigenvalue weighted by atomic mass is 10.3. The van der Waals surface area contributed by atoms with Crippen LogP contribution in [0.5, 0.6) is 5.75 Å². The molecule has 1 aliphatic rings. The molecule has 0 saturated carbocycles. The molecule has 0 spiro atoms. The van der Waals surface area contributed by atoms with Gasteiger partial charge in [0.05, 0.1) is 5.69 Å². The number of hydrogen-bond donors (Lipinski definition) is 1. The molecule has 3 nitrogen and oxygen atoms in total. The van der Waals surface area contributed by atoms with E-state index < -0.39 is 0 Å². The molecule has 1 aromatic rings. The zero-order valence-electron chi connectivity index (χ0n) is 9.29. The highest BCUT2D eigenvalue weighted by Crippen LogP contribution is 2.24. The predicted octanol–water partition coefficient (Wildman–Crippen LogP) is 2.73. The Labute approximate surface area is 101 Å². The molecule has 0 aromatic heterocycles. The Morgan fingerprint density at radius 1 is 1.25 bits per heavy atom. The van der Waals surface area contributed by atoms with Crippen LogP contribution in [0.4, 0.5) is 5.69 Å². The minimum atomic E-state index is 0.718. The first-order valence-corrected chi connectivity index (χ1v) is 6.09. The summed E-state index contributed by atoms with van der Waals surface area (Å²) in [6.07, 6.45) is 2.64. The number of halogens is 1. The van der Waals surface area contributed by atoms with Gasteiger partial charge in [0.15, 0.2) is 0 Å². The van der Waals surface area contributed by atoms with Gasteiger partial charge in [0.2, 0.25) is 0 Å². The second-order valence-electron chi connectivity index (χ2n) is 3.99. The van der Waals surface area contributed by atoms with Crippen molar-refractivity contribution < 1.29 is 4.74 Å². The Morgan fingerprint density at radius 2 is 2.00 bits per heavy atom. The second-order valence-corrected chi connectivity index (χ2v) is 4.18. The molecule has 1 heterocycles. The van der Waals surface area contributed by atoms with E-state index in [-0.39, 0.29) is 0 Å². The molecule has 1 saturated heterocycles. The number of anilines is 1. The van der Waals surface area contributed by atoms with Gasteiger partial charge in [-0.2, -0.15) is 0 Å². The summed E-state index contributed by atoms with van der Waals surface area (Å²) < 4.78 is 5.70. The normalized spacial score (nSPS) is 16.3. The van der Waals surface area contributed by atoms with E-state index in [1.54, 1.807) is 0 Å². The highest BCUT2D eigenvalue weighted by molar-refractivity contribution is 6.24. The fourth-order valence-electron chi connectivity index (χ4n) is 1.96. The van der Waals surface area contributed by atoms with Crippen molar-refractivity contribution in [3.8, 4) is 5.75 Å². The molecule has 88 valence electrons. The van der Waals surface area contributed by atoms with Crippen molar-refractivity contribution in [2.45, 2.75) is 12.8 Å². The predicted molar refractivity (Wildman–Crippen MR) is 67.1 cm³/mol. The van der Waals surface area contributed by atoms with Crippen molar-refractivity contribution in [1.82, 2.24) is 4.90 Å². The fraction of sp³-hybridized carbons (Fsp3) is 0.500. The van der Waals surface area contributed by atoms with Crippen LogP contribution in [0.1, 0.15) is 12.8 Å². The van der Waals surface area contributed by atoms with Crippen LogP contribution in [0.15, 0.2) is 24.3 Å². The van der Waals surface area contributed by atoms with Crippen molar-refractivity contribution in [2.24, 2.45) is 0 Å². The summed E-state index contributed by atoms with van der Waals surface area (Å²) >= 11 is 5.60. The Bertz CT molecular complexity index is 327. The maximum absolute atomic E-state index is 5.70. The lowest BCUT2D eigenvalue weighted by molar-refractivity contribution is 0.238. The van der Waals surface area contributed by atoms with E-state index in [1.807, 2.05) is 24.3 Å². The standard InChI is InChI=1S/C12H17ClN2O/c13-14-11-5-1-2-6-12(11)16-10-9-15-7-3-4-8-15/h1-2,5-6,14H,3-4,7-10H2. The largest absolute Gasteiger partial charge is 0.490 e. The van der Waals surface area contributed by atoms with Crippen LogP contribution >= 0.6 is 11.8 Å². The van der Waals surface area contributed by atoms with Gasteiger partial charge in [-0.1, -0.05) is 12.1 Å². The number of likely N-dealkylation sites (tertiary alicyclic amines) is 1. The molecule has 1 aliphatic heterocycles. The minimum Gasteiger partial charge on any atom is -0.490 e. The first-order valence-electron chi connectivity index (χ1n) is 5.71. The van der Waals surface area contributed by atoms with Gasteiger partial charge in [-0.25, -0.2) is 0 Å². The average Bonchev–Trinajstić information content (AvgIpc) is 2.83. The molecule has 0 bridgehead atoms. The number of nitrogens with zero attached hydrogens (tertiary/aromatic N) is 1. The summed E-state index contributed by atoms with van der Waals surface area (Å²) in [6.45, 7) is 4.13. The summed E-state index contributed by atoms with van der Waals surface area (Å²) in [5.41, 5.74) is 0.825. The van der Waals surface area contributed by atoms with Gasteiger partial charge in [0, 0.05) is 18.3 Å². The van der Waals surface area contributed by atoms with Crippen molar-refractivity contribution in [3.63, 3.8) is 0 Å². The van der Waals surface area contributed by atoms with Crippen LogP contribution in [-0.2, 0) is 0 Å². The van der Waals surface area contributed by atoms with Crippen molar-refractivity contribution >= 4 is 17.5 Å². The van der Waals surface area contributed by atoms with Crippen LogP contribution in [0.25, 0.3) is 0 Å². The van der Waals surface area contributed by atoms with E-state index >= 15 is 0 Å². The number of nitrogens with one attached hydrogen (secondary N) is 1. The lowest BCUT2D eigenvalue weighted by Gasteiger charge is -2.15. The Balaban J connectivity index is 1.79. The van der Waals surface area contributed by atoms with Crippen LogP contribution in [-0.4, -0.2) is 31.1 Å². The van der Waals surface area contributed by atoms with Gasteiger partial charge in [0.25, 0.3) is 0 Å². The molecule has 4 heteroatoms. The number of rotatable bonds is 5. The first kappa shape index (κ1) is 11.6. The molecule has 0 unspecified atom stereocenters. The molecular weight excluding hydrogens is 224 g/mol. The Morgan fingerprint density at radius 3 is 2.75 bits per heavy atom. The third kappa shape index (κ3) is 3.03. The van der Waals surface area contributed by atoms with Crippen molar-refractivity contribution in [1.29, 1.82) is 0 Å². The molecule has 0 amide bonds. The van der Waals surface area contributed by atoms with Gasteiger partial charge < -0.3 is 4.74 Å². The topological polar surface area (TPSA) is 24.5 Å². The third-order valence-electron chi connectivity index (χ3n) is 2.85. The molecule has 0 radical (unpaired) electrons. The number of benzene rings is 1. The van der Waals surface area contributed by atoms with Crippen LogP contribution < -0.4 is 9.57 Å². The van der Waals surface area contributed by atoms with E-state index in [0.717, 1.165) is 24.6 Å². The van der Waals surface area contributed by atoms with Crippen molar-refractivity contribution in [3.05, 3.63) is 24.3 Å². The molecule has 1 aromatic carbocycles. The van der Waals surface area contributed by atoms with Crippen LogP contribution in [0.3, 0.4) is 0 Å². The third-order valence-corrected chi connectivity index (χ3v) is 3.06. The molecule has 0 atom stereocenters. The number of para-hydroxylation sites is 2. The molecular formula is C12H17ClN2O. The van der Waals surface area contributed by atoms with E-state index in [1.165, 1.54) is 25.9 Å². The fourth-order valence-corrected chi connectivity index (χ4v) is 2.12. The second kappa shape index (κ2) is 5.97. The zero-order valence-corrected chi connectivity index (χ0v) is 10.0. The van der Waals surface area contributed by atoms with E-state index in [4.69, 9.17) is 16.5 Å². The molecule has 1 fully saturated rings. The van der Waals surface area contributed by atoms with Crippen LogP contribution in [0, 0.1) is 0 Å². The SMILES string of the molecule is ClNc1ccccc1OCCN1CCCC1. The Kier molecular flexibility index (Phi) is 4.31. The van der Waals surface area contributed by atoms with Gasteiger partial charge in [-0.05, 0) is 38.1 Å². The van der Waals surface area contributed by atoms with Gasteiger partial charge in [-0.15, -0.1) is 0 Å².